The highest BCUT2D eigenvalue weighted by Gasteiger charge is 2.51. The zero-order chi connectivity index (χ0) is 19.6. The molecule has 1 aromatic rings. The summed E-state index contributed by atoms with van der Waals surface area (Å²) in [5.74, 6) is -0.412. The van der Waals surface area contributed by atoms with Gasteiger partial charge in [-0.05, 0) is 32.3 Å². The summed E-state index contributed by atoms with van der Waals surface area (Å²) >= 11 is 0. The lowest BCUT2D eigenvalue weighted by atomic mass is 10.1. The summed E-state index contributed by atoms with van der Waals surface area (Å²) in [6, 6.07) is 9.59. The van der Waals surface area contributed by atoms with Gasteiger partial charge in [0.2, 0.25) is 11.8 Å². The summed E-state index contributed by atoms with van der Waals surface area (Å²) in [5.41, 5.74) is 1.07. The van der Waals surface area contributed by atoms with Gasteiger partial charge in [-0.3, -0.25) is 9.59 Å². The summed E-state index contributed by atoms with van der Waals surface area (Å²) in [7, 11) is -3.04. The van der Waals surface area contributed by atoms with Gasteiger partial charge in [-0.1, -0.05) is 30.3 Å². The van der Waals surface area contributed by atoms with E-state index in [1.807, 2.05) is 44.2 Å². The van der Waals surface area contributed by atoms with Crippen LogP contribution in [0.1, 0.15) is 32.3 Å². The molecular weight excluding hydrogens is 364 g/mol. The predicted octanol–water partition coefficient (Wildman–Crippen LogP) is 1.71. The molecular formula is C20H28N2O4S. The van der Waals surface area contributed by atoms with E-state index in [4.69, 9.17) is 0 Å². The molecule has 1 saturated heterocycles. The van der Waals surface area contributed by atoms with Gasteiger partial charge in [0.1, 0.15) is 0 Å². The number of benzene rings is 1. The fraction of sp³-hybridized carbons (Fsp3) is 0.600. The van der Waals surface area contributed by atoms with Gasteiger partial charge in [0, 0.05) is 25.7 Å². The van der Waals surface area contributed by atoms with Gasteiger partial charge >= 0.3 is 0 Å². The number of rotatable bonds is 7. The van der Waals surface area contributed by atoms with Crippen LogP contribution in [0.5, 0.6) is 0 Å². The third-order valence-electron chi connectivity index (χ3n) is 5.61. The fourth-order valence-corrected chi connectivity index (χ4v) is 5.68. The van der Waals surface area contributed by atoms with E-state index in [0.29, 0.717) is 32.5 Å². The zero-order valence-electron chi connectivity index (χ0n) is 16.0. The van der Waals surface area contributed by atoms with Crippen LogP contribution < -0.4 is 0 Å². The van der Waals surface area contributed by atoms with Crippen molar-refractivity contribution in [1.82, 2.24) is 9.80 Å². The Morgan fingerprint density at radius 2 is 1.70 bits per heavy atom. The third-order valence-corrected chi connectivity index (χ3v) is 7.36. The molecule has 3 atom stereocenters. The van der Waals surface area contributed by atoms with Crippen LogP contribution in [0.3, 0.4) is 0 Å². The molecule has 1 aliphatic heterocycles. The first-order valence-electron chi connectivity index (χ1n) is 9.70. The maximum Gasteiger partial charge on any atom is 0.226 e. The van der Waals surface area contributed by atoms with E-state index in [1.54, 1.807) is 9.80 Å². The lowest BCUT2D eigenvalue weighted by Crippen LogP contribution is -2.42. The van der Waals surface area contributed by atoms with Crippen LogP contribution >= 0.6 is 0 Å². The van der Waals surface area contributed by atoms with E-state index in [2.05, 4.69) is 0 Å². The first-order chi connectivity index (χ1) is 12.9. The normalized spacial score (nSPS) is 25.8. The van der Waals surface area contributed by atoms with E-state index in [9.17, 15) is 18.0 Å². The third kappa shape index (κ3) is 4.51. The number of nitrogens with zero attached hydrogens (tertiary/aromatic N) is 2. The summed E-state index contributed by atoms with van der Waals surface area (Å²) in [6.07, 6.45) is 1.07. The van der Waals surface area contributed by atoms with Crippen LogP contribution in [-0.4, -0.2) is 60.7 Å². The van der Waals surface area contributed by atoms with Crippen molar-refractivity contribution < 1.29 is 18.0 Å². The molecule has 1 aromatic carbocycles. The molecule has 0 bridgehead atoms. The second-order valence-electron chi connectivity index (χ2n) is 7.47. The highest BCUT2D eigenvalue weighted by atomic mass is 32.2. The van der Waals surface area contributed by atoms with Gasteiger partial charge in [-0.25, -0.2) is 8.42 Å². The molecule has 148 valence electrons. The van der Waals surface area contributed by atoms with E-state index >= 15 is 0 Å². The molecule has 0 aromatic heterocycles. The smallest absolute Gasteiger partial charge is 0.226 e. The lowest BCUT2D eigenvalue weighted by Gasteiger charge is -2.27. The SMILES string of the molecule is CCN(Cc1ccccc1)C(=O)C1CC1C(=O)N(CC)C1CCS(=O)(=O)C1. The molecule has 7 heteroatoms. The average Bonchev–Trinajstić information content (AvgIpc) is 3.38. The second kappa shape index (κ2) is 8.00. The quantitative estimate of drug-likeness (QED) is 0.708. The molecule has 3 rings (SSSR count). The Morgan fingerprint density at radius 1 is 1.04 bits per heavy atom. The Bertz CT molecular complexity index is 793. The van der Waals surface area contributed by atoms with Crippen LogP contribution in [0.2, 0.25) is 0 Å². The van der Waals surface area contributed by atoms with Gasteiger partial charge < -0.3 is 9.80 Å². The molecule has 6 nitrogen and oxygen atoms in total. The Balaban J connectivity index is 1.61. The van der Waals surface area contributed by atoms with Crippen LogP contribution in [-0.2, 0) is 26.0 Å². The van der Waals surface area contributed by atoms with E-state index in [0.717, 1.165) is 5.56 Å². The van der Waals surface area contributed by atoms with E-state index < -0.39 is 9.84 Å². The van der Waals surface area contributed by atoms with Gasteiger partial charge in [-0.2, -0.15) is 0 Å². The van der Waals surface area contributed by atoms with Gasteiger partial charge in [0.05, 0.1) is 23.3 Å². The van der Waals surface area contributed by atoms with Crippen molar-refractivity contribution in [2.75, 3.05) is 24.6 Å². The maximum atomic E-state index is 12.9. The molecule has 2 amide bonds. The topological polar surface area (TPSA) is 74.8 Å². The molecule has 1 heterocycles. The van der Waals surface area contributed by atoms with Crippen LogP contribution in [0.4, 0.5) is 0 Å². The summed E-state index contributed by atoms with van der Waals surface area (Å²) in [4.78, 5) is 29.2. The molecule has 27 heavy (non-hydrogen) atoms. The molecule has 0 spiro atoms. The summed E-state index contributed by atoms with van der Waals surface area (Å²) in [6.45, 7) is 5.45. The predicted molar refractivity (Wildman–Crippen MR) is 104 cm³/mol. The van der Waals surface area contributed by atoms with E-state index in [1.165, 1.54) is 0 Å². The summed E-state index contributed by atoms with van der Waals surface area (Å²) < 4.78 is 23.5. The first kappa shape index (κ1) is 19.9. The molecule has 2 fully saturated rings. The number of hydrogen-bond donors (Lipinski definition) is 0. The highest BCUT2D eigenvalue weighted by Crippen LogP contribution is 2.42. The number of sulfone groups is 1. The maximum absolute atomic E-state index is 12.9. The standard InChI is InChI=1S/C20H28N2O4S/c1-3-21(13-15-8-6-5-7-9-15)19(23)17-12-18(17)20(24)22(4-2)16-10-11-27(25,26)14-16/h5-9,16-18H,3-4,10-14H2,1-2H3. The molecule has 2 aliphatic rings. The minimum absolute atomic E-state index is 0.0230. The van der Waals surface area contributed by atoms with Crippen molar-refractivity contribution in [3.8, 4) is 0 Å². The minimum atomic E-state index is -3.04. The Morgan fingerprint density at radius 3 is 2.26 bits per heavy atom. The zero-order valence-corrected chi connectivity index (χ0v) is 16.8. The van der Waals surface area contributed by atoms with Crippen molar-refractivity contribution in [2.24, 2.45) is 11.8 Å². The summed E-state index contributed by atoms with van der Waals surface area (Å²) in [5, 5.41) is 0. The largest absolute Gasteiger partial charge is 0.339 e. The average molecular weight is 393 g/mol. The van der Waals surface area contributed by atoms with Gasteiger partial charge in [-0.15, -0.1) is 0 Å². The van der Waals surface area contributed by atoms with Gasteiger partial charge in [0.25, 0.3) is 0 Å². The van der Waals surface area contributed by atoms with E-state index in [-0.39, 0.29) is 41.2 Å². The molecule has 1 aliphatic carbocycles. The van der Waals surface area contributed by atoms with Crippen molar-refractivity contribution in [1.29, 1.82) is 0 Å². The first-order valence-corrected chi connectivity index (χ1v) is 11.5. The Hall–Kier alpha value is -1.89. The number of amides is 2. The minimum Gasteiger partial charge on any atom is -0.339 e. The monoisotopic (exact) mass is 392 g/mol. The Kier molecular flexibility index (Phi) is 5.89. The fourth-order valence-electron chi connectivity index (χ4n) is 3.95. The highest BCUT2D eigenvalue weighted by molar-refractivity contribution is 7.91. The second-order valence-corrected chi connectivity index (χ2v) is 9.70. The van der Waals surface area contributed by atoms with Crippen molar-refractivity contribution in [3.63, 3.8) is 0 Å². The Labute approximate surface area is 161 Å². The van der Waals surface area contributed by atoms with Gasteiger partial charge in [0.15, 0.2) is 9.84 Å². The molecule has 0 N–H and O–H groups in total. The number of carbonyl (C=O) groups excluding carboxylic acids is 2. The van der Waals surface area contributed by atoms with Crippen LogP contribution in [0, 0.1) is 11.8 Å². The molecule has 3 unspecified atom stereocenters. The molecule has 0 radical (unpaired) electrons. The number of hydrogen-bond acceptors (Lipinski definition) is 4. The van der Waals surface area contributed by atoms with Crippen molar-refractivity contribution in [2.45, 2.75) is 39.3 Å². The van der Waals surface area contributed by atoms with Crippen LogP contribution in [0.15, 0.2) is 30.3 Å². The number of carbonyl (C=O) groups is 2. The van der Waals surface area contributed by atoms with Crippen molar-refractivity contribution >= 4 is 21.7 Å². The molecule has 1 saturated carbocycles. The van der Waals surface area contributed by atoms with Crippen LogP contribution in [0.25, 0.3) is 0 Å². The lowest BCUT2D eigenvalue weighted by molar-refractivity contribution is -0.139. The van der Waals surface area contributed by atoms with Crippen molar-refractivity contribution in [3.05, 3.63) is 35.9 Å².